The van der Waals surface area contributed by atoms with E-state index in [1.807, 2.05) is 29.8 Å². The van der Waals surface area contributed by atoms with Crippen LogP contribution in [0.15, 0.2) is 23.1 Å². The predicted molar refractivity (Wildman–Crippen MR) is 65.7 cm³/mol. The number of pyridine rings is 1. The molecule has 1 atom stereocenters. The molecule has 2 heterocycles. The van der Waals surface area contributed by atoms with Crippen molar-refractivity contribution >= 4 is 0 Å². The minimum Gasteiger partial charge on any atom is -0.315 e. The molecule has 0 spiro atoms. The second kappa shape index (κ2) is 5.30. The first-order valence-corrected chi connectivity index (χ1v) is 6.17. The summed E-state index contributed by atoms with van der Waals surface area (Å²) in [7, 11) is 0. The molecular weight excluding hydrogens is 200 g/mol. The second-order valence-electron chi connectivity index (χ2n) is 4.63. The monoisotopic (exact) mass is 220 g/mol. The lowest BCUT2D eigenvalue weighted by Gasteiger charge is -2.10. The van der Waals surface area contributed by atoms with Crippen molar-refractivity contribution in [2.24, 2.45) is 0 Å². The molecule has 2 rings (SSSR count). The molecular formula is C13H20N2O. The van der Waals surface area contributed by atoms with Crippen LogP contribution in [0.25, 0.3) is 0 Å². The van der Waals surface area contributed by atoms with Gasteiger partial charge in [0.25, 0.3) is 5.56 Å². The lowest BCUT2D eigenvalue weighted by molar-refractivity contribution is 0.497. The summed E-state index contributed by atoms with van der Waals surface area (Å²) in [4.78, 5) is 11.7. The summed E-state index contributed by atoms with van der Waals surface area (Å²) in [6.07, 6.45) is 6.75. The van der Waals surface area contributed by atoms with Crippen LogP contribution in [0.4, 0.5) is 0 Å². The highest BCUT2D eigenvalue weighted by Crippen LogP contribution is 2.10. The van der Waals surface area contributed by atoms with Gasteiger partial charge in [-0.1, -0.05) is 6.07 Å². The van der Waals surface area contributed by atoms with Crippen molar-refractivity contribution in [3.8, 4) is 0 Å². The summed E-state index contributed by atoms with van der Waals surface area (Å²) < 4.78 is 1.82. The lowest BCUT2D eigenvalue weighted by Crippen LogP contribution is -2.24. The molecule has 3 heteroatoms. The average Bonchev–Trinajstić information content (AvgIpc) is 2.77. The van der Waals surface area contributed by atoms with E-state index in [4.69, 9.17) is 0 Å². The minimum atomic E-state index is 0.155. The third-order valence-corrected chi connectivity index (χ3v) is 3.32. The van der Waals surface area contributed by atoms with Gasteiger partial charge in [0.2, 0.25) is 0 Å². The van der Waals surface area contributed by atoms with E-state index in [0.717, 1.165) is 25.1 Å². The number of nitrogens with one attached hydrogen (secondary N) is 1. The fraction of sp³-hybridized carbons (Fsp3) is 0.615. The van der Waals surface area contributed by atoms with Crippen LogP contribution in [0, 0.1) is 6.92 Å². The number of aryl methyl sites for hydroxylation is 2. The van der Waals surface area contributed by atoms with E-state index in [2.05, 4.69) is 5.32 Å². The number of aromatic nitrogens is 1. The van der Waals surface area contributed by atoms with Crippen molar-refractivity contribution in [3.63, 3.8) is 0 Å². The Kier molecular flexibility index (Phi) is 3.78. The van der Waals surface area contributed by atoms with Crippen LogP contribution < -0.4 is 10.9 Å². The maximum absolute atomic E-state index is 11.7. The third kappa shape index (κ3) is 2.73. The van der Waals surface area contributed by atoms with Crippen LogP contribution in [-0.4, -0.2) is 17.2 Å². The Bertz CT molecular complexity index is 391. The van der Waals surface area contributed by atoms with Gasteiger partial charge >= 0.3 is 0 Å². The summed E-state index contributed by atoms with van der Waals surface area (Å²) >= 11 is 0. The summed E-state index contributed by atoms with van der Waals surface area (Å²) in [6.45, 7) is 3.88. The first-order valence-electron chi connectivity index (χ1n) is 6.17. The maximum Gasteiger partial charge on any atom is 0.253 e. The Labute approximate surface area is 96.5 Å². The molecule has 1 aliphatic heterocycles. The zero-order chi connectivity index (χ0) is 11.4. The fourth-order valence-electron chi connectivity index (χ4n) is 2.34. The number of hydrogen-bond acceptors (Lipinski definition) is 2. The lowest BCUT2D eigenvalue weighted by atomic mass is 10.1. The van der Waals surface area contributed by atoms with E-state index >= 15 is 0 Å². The molecule has 88 valence electrons. The molecule has 0 saturated carbocycles. The van der Waals surface area contributed by atoms with Crippen LogP contribution in [0.1, 0.15) is 31.2 Å². The van der Waals surface area contributed by atoms with Crippen molar-refractivity contribution in [1.29, 1.82) is 0 Å². The van der Waals surface area contributed by atoms with Gasteiger partial charge in [-0.3, -0.25) is 4.79 Å². The summed E-state index contributed by atoms with van der Waals surface area (Å²) in [5, 5.41) is 3.48. The van der Waals surface area contributed by atoms with E-state index < -0.39 is 0 Å². The third-order valence-electron chi connectivity index (χ3n) is 3.32. The second-order valence-corrected chi connectivity index (χ2v) is 4.63. The maximum atomic E-state index is 11.7. The largest absolute Gasteiger partial charge is 0.315 e. The summed E-state index contributed by atoms with van der Waals surface area (Å²) in [6, 6.07) is 4.50. The molecule has 0 aliphatic carbocycles. The average molecular weight is 220 g/mol. The molecule has 16 heavy (non-hydrogen) atoms. The van der Waals surface area contributed by atoms with Gasteiger partial charge in [0.05, 0.1) is 0 Å². The molecule has 0 amide bonds. The minimum absolute atomic E-state index is 0.155. The molecule has 1 unspecified atom stereocenters. The predicted octanol–water partition coefficient (Wildman–Crippen LogP) is 1.69. The van der Waals surface area contributed by atoms with Gasteiger partial charge in [-0.25, -0.2) is 0 Å². The fourth-order valence-corrected chi connectivity index (χ4v) is 2.34. The van der Waals surface area contributed by atoms with Crippen molar-refractivity contribution in [2.75, 3.05) is 6.54 Å². The van der Waals surface area contributed by atoms with Crippen molar-refractivity contribution < 1.29 is 0 Å². The summed E-state index contributed by atoms with van der Waals surface area (Å²) in [5.41, 5.74) is 0.989. The molecule has 1 aromatic rings. The molecule has 1 saturated heterocycles. The Balaban J connectivity index is 1.85. The normalized spacial score (nSPS) is 20.2. The Morgan fingerprint density at radius 1 is 1.56 bits per heavy atom. The van der Waals surface area contributed by atoms with Crippen LogP contribution in [0.3, 0.4) is 0 Å². The van der Waals surface area contributed by atoms with Crippen LogP contribution in [0.2, 0.25) is 0 Å². The van der Waals surface area contributed by atoms with Gasteiger partial charge in [-0.15, -0.1) is 0 Å². The highest BCUT2D eigenvalue weighted by molar-refractivity contribution is 5.07. The van der Waals surface area contributed by atoms with Gasteiger partial charge in [0.1, 0.15) is 0 Å². The quantitative estimate of drug-likeness (QED) is 0.838. The number of rotatable bonds is 4. The molecule has 1 fully saturated rings. The van der Waals surface area contributed by atoms with E-state index in [9.17, 15) is 4.79 Å². The highest BCUT2D eigenvalue weighted by Gasteiger charge is 2.12. The Morgan fingerprint density at radius 3 is 3.19 bits per heavy atom. The van der Waals surface area contributed by atoms with Gasteiger partial charge in [0.15, 0.2) is 0 Å². The molecule has 3 nitrogen and oxygen atoms in total. The number of nitrogens with zero attached hydrogens (tertiary/aromatic N) is 1. The zero-order valence-electron chi connectivity index (χ0n) is 9.91. The molecule has 1 aromatic heterocycles. The molecule has 1 N–H and O–H groups in total. The van der Waals surface area contributed by atoms with E-state index in [1.54, 1.807) is 0 Å². The van der Waals surface area contributed by atoms with E-state index in [1.165, 1.54) is 19.3 Å². The highest BCUT2D eigenvalue weighted by atomic mass is 16.1. The van der Waals surface area contributed by atoms with Crippen LogP contribution >= 0.6 is 0 Å². The van der Waals surface area contributed by atoms with Crippen molar-refractivity contribution in [3.05, 3.63) is 34.2 Å². The molecule has 0 bridgehead atoms. The van der Waals surface area contributed by atoms with E-state index in [0.29, 0.717) is 6.04 Å². The standard InChI is InChI=1S/C13H20N2O/c1-11-5-3-9-15(13(11)16)10-4-7-12-6-2-8-14-12/h3,5,9,12,14H,2,4,6-8,10H2,1H3. The van der Waals surface area contributed by atoms with Crippen molar-refractivity contribution in [1.82, 2.24) is 9.88 Å². The first-order chi connectivity index (χ1) is 7.77. The van der Waals surface area contributed by atoms with Crippen molar-refractivity contribution in [2.45, 2.75) is 45.2 Å². The zero-order valence-corrected chi connectivity index (χ0v) is 9.91. The summed E-state index contributed by atoms with van der Waals surface area (Å²) in [5.74, 6) is 0. The Morgan fingerprint density at radius 2 is 2.44 bits per heavy atom. The van der Waals surface area contributed by atoms with Crippen LogP contribution in [-0.2, 0) is 6.54 Å². The number of hydrogen-bond donors (Lipinski definition) is 1. The molecule has 1 aliphatic rings. The van der Waals surface area contributed by atoms with Crippen LogP contribution in [0.5, 0.6) is 0 Å². The smallest absolute Gasteiger partial charge is 0.253 e. The van der Waals surface area contributed by atoms with E-state index in [-0.39, 0.29) is 5.56 Å². The van der Waals surface area contributed by atoms with Gasteiger partial charge in [-0.2, -0.15) is 0 Å². The molecule has 0 aromatic carbocycles. The topological polar surface area (TPSA) is 34.0 Å². The van der Waals surface area contributed by atoms with Gasteiger partial charge < -0.3 is 9.88 Å². The SMILES string of the molecule is Cc1cccn(CCCC2CCCN2)c1=O. The van der Waals surface area contributed by atoms with Gasteiger partial charge in [-0.05, 0) is 45.2 Å². The van der Waals surface area contributed by atoms with Gasteiger partial charge in [0, 0.05) is 24.3 Å². The molecule has 0 radical (unpaired) electrons. The Hall–Kier alpha value is -1.09. The first kappa shape index (κ1) is 11.4.